The average molecular weight is 182 g/mol. The van der Waals surface area contributed by atoms with Crippen molar-refractivity contribution in [3.8, 4) is 0 Å². The molecule has 0 aromatic heterocycles. The number of likely N-dealkylation sites (N-methyl/N-ethyl adjacent to an activating group) is 1. The first-order valence-electron chi connectivity index (χ1n) is 5.18. The molecule has 0 unspecified atom stereocenters. The van der Waals surface area contributed by atoms with E-state index in [0.29, 0.717) is 0 Å². The van der Waals surface area contributed by atoms with Gasteiger partial charge in [0.2, 0.25) is 5.91 Å². The Morgan fingerprint density at radius 2 is 2.15 bits per heavy atom. The first-order valence-corrected chi connectivity index (χ1v) is 5.18. The number of carbonyl (C=O) groups is 1. The van der Waals surface area contributed by atoms with E-state index < -0.39 is 0 Å². The largest absolute Gasteiger partial charge is 0.335 e. The zero-order chi connectivity index (χ0) is 9.47. The average Bonchev–Trinajstić information content (AvgIpc) is 2.44. The molecule has 0 aromatic carbocycles. The second-order valence-electron chi connectivity index (χ2n) is 4.30. The van der Waals surface area contributed by atoms with Crippen LogP contribution in [-0.4, -0.2) is 47.4 Å². The van der Waals surface area contributed by atoms with Gasteiger partial charge in [-0.25, -0.2) is 0 Å². The highest BCUT2D eigenvalue weighted by Gasteiger charge is 2.50. The van der Waals surface area contributed by atoms with E-state index in [2.05, 4.69) is 16.7 Å². The van der Waals surface area contributed by atoms with Crippen molar-refractivity contribution in [1.29, 1.82) is 0 Å². The Morgan fingerprint density at radius 1 is 1.46 bits per heavy atom. The van der Waals surface area contributed by atoms with E-state index in [1.165, 1.54) is 12.8 Å². The Balaban J connectivity index is 2.03. The summed E-state index contributed by atoms with van der Waals surface area (Å²) in [6.45, 7) is 8.17. The number of amides is 1. The minimum absolute atomic E-state index is 0.238. The zero-order valence-corrected chi connectivity index (χ0v) is 8.55. The van der Waals surface area contributed by atoms with Crippen LogP contribution < -0.4 is 0 Å². The molecule has 3 heteroatoms. The van der Waals surface area contributed by atoms with Crippen molar-refractivity contribution in [1.82, 2.24) is 9.80 Å². The quantitative estimate of drug-likeness (QED) is 0.596. The summed E-state index contributed by atoms with van der Waals surface area (Å²) in [5, 5.41) is 0. The Hall–Kier alpha value is -0.570. The van der Waals surface area contributed by atoms with E-state index in [1.807, 2.05) is 0 Å². The smallest absolute Gasteiger partial charge is 0.219 e. The van der Waals surface area contributed by atoms with E-state index in [9.17, 15) is 4.79 Å². The molecule has 1 amide bonds. The fraction of sp³-hybridized carbons (Fsp3) is 0.900. The van der Waals surface area contributed by atoms with Crippen LogP contribution in [0.25, 0.3) is 0 Å². The van der Waals surface area contributed by atoms with Crippen molar-refractivity contribution in [3.63, 3.8) is 0 Å². The molecule has 2 aliphatic rings. The molecule has 0 saturated carbocycles. The molecule has 0 aromatic rings. The molecule has 13 heavy (non-hydrogen) atoms. The normalized spacial score (nSPS) is 26.5. The summed E-state index contributed by atoms with van der Waals surface area (Å²) >= 11 is 0. The lowest BCUT2D eigenvalue weighted by Gasteiger charge is -2.52. The van der Waals surface area contributed by atoms with Crippen LogP contribution in [0.5, 0.6) is 0 Å². The van der Waals surface area contributed by atoms with Crippen LogP contribution in [0.15, 0.2) is 0 Å². The molecule has 3 nitrogen and oxygen atoms in total. The van der Waals surface area contributed by atoms with E-state index in [4.69, 9.17) is 0 Å². The molecular weight excluding hydrogens is 164 g/mol. The molecule has 0 N–H and O–H groups in total. The van der Waals surface area contributed by atoms with E-state index in [0.717, 1.165) is 26.2 Å². The number of hydrogen-bond donors (Lipinski definition) is 0. The number of nitrogens with zero attached hydrogens (tertiary/aromatic N) is 2. The van der Waals surface area contributed by atoms with Gasteiger partial charge in [0.1, 0.15) is 0 Å². The van der Waals surface area contributed by atoms with Crippen molar-refractivity contribution in [3.05, 3.63) is 0 Å². The second kappa shape index (κ2) is 2.98. The molecule has 2 fully saturated rings. The van der Waals surface area contributed by atoms with Gasteiger partial charge in [0.05, 0.1) is 5.54 Å². The summed E-state index contributed by atoms with van der Waals surface area (Å²) in [4.78, 5) is 15.8. The molecule has 2 saturated heterocycles. The first-order chi connectivity index (χ1) is 6.18. The molecule has 0 bridgehead atoms. The number of likely N-dealkylation sites (tertiary alicyclic amines) is 2. The number of rotatable bonds is 1. The molecule has 2 heterocycles. The number of carbonyl (C=O) groups excluding carboxylic acids is 1. The van der Waals surface area contributed by atoms with Gasteiger partial charge in [0.15, 0.2) is 0 Å². The standard InChI is InChI=1S/C10H18N2O/c1-3-11-7-10(8-11)5-4-6-12(10)9(2)13/h3-8H2,1-2H3. The van der Waals surface area contributed by atoms with Gasteiger partial charge in [-0.3, -0.25) is 9.69 Å². The maximum Gasteiger partial charge on any atom is 0.219 e. The summed E-state index contributed by atoms with van der Waals surface area (Å²) in [6.07, 6.45) is 2.40. The van der Waals surface area contributed by atoms with Gasteiger partial charge in [-0.15, -0.1) is 0 Å². The van der Waals surface area contributed by atoms with Gasteiger partial charge in [-0.2, -0.15) is 0 Å². The van der Waals surface area contributed by atoms with Gasteiger partial charge < -0.3 is 4.90 Å². The minimum atomic E-state index is 0.238. The van der Waals surface area contributed by atoms with Crippen LogP contribution in [0, 0.1) is 0 Å². The van der Waals surface area contributed by atoms with Gasteiger partial charge in [0, 0.05) is 26.6 Å². The Morgan fingerprint density at radius 3 is 2.69 bits per heavy atom. The van der Waals surface area contributed by atoms with Crippen LogP contribution in [0.3, 0.4) is 0 Å². The molecule has 2 aliphatic heterocycles. The van der Waals surface area contributed by atoms with Gasteiger partial charge in [-0.1, -0.05) is 6.92 Å². The predicted octanol–water partition coefficient (Wildman–Crippen LogP) is 0.703. The molecular formula is C10H18N2O. The van der Waals surface area contributed by atoms with Crippen LogP contribution in [0.2, 0.25) is 0 Å². The Kier molecular flexibility index (Phi) is 2.06. The summed E-state index contributed by atoms with van der Waals surface area (Å²) in [5.74, 6) is 0.258. The lowest BCUT2D eigenvalue weighted by molar-refractivity contribution is -0.139. The summed E-state index contributed by atoms with van der Waals surface area (Å²) < 4.78 is 0. The summed E-state index contributed by atoms with van der Waals surface area (Å²) in [6, 6.07) is 0. The fourth-order valence-electron chi connectivity index (χ4n) is 2.77. The third kappa shape index (κ3) is 1.26. The van der Waals surface area contributed by atoms with Gasteiger partial charge in [0.25, 0.3) is 0 Å². The summed E-state index contributed by atoms with van der Waals surface area (Å²) in [7, 11) is 0. The lowest BCUT2D eigenvalue weighted by atomic mass is 9.87. The molecule has 1 spiro atoms. The van der Waals surface area contributed by atoms with Crippen molar-refractivity contribution in [2.45, 2.75) is 32.2 Å². The Bertz CT molecular complexity index is 221. The van der Waals surface area contributed by atoms with Crippen molar-refractivity contribution in [2.75, 3.05) is 26.2 Å². The van der Waals surface area contributed by atoms with Crippen LogP contribution in [0.1, 0.15) is 26.7 Å². The maximum atomic E-state index is 11.4. The van der Waals surface area contributed by atoms with E-state index in [-0.39, 0.29) is 11.4 Å². The van der Waals surface area contributed by atoms with Gasteiger partial charge in [-0.05, 0) is 19.4 Å². The van der Waals surface area contributed by atoms with Crippen LogP contribution in [0.4, 0.5) is 0 Å². The Labute approximate surface area is 79.7 Å². The second-order valence-corrected chi connectivity index (χ2v) is 4.30. The highest BCUT2D eigenvalue weighted by atomic mass is 16.2. The molecule has 0 atom stereocenters. The predicted molar refractivity (Wildman–Crippen MR) is 51.5 cm³/mol. The SMILES string of the molecule is CCN1CC2(CCCN2C(C)=O)C1. The fourth-order valence-corrected chi connectivity index (χ4v) is 2.77. The highest BCUT2D eigenvalue weighted by Crippen LogP contribution is 2.37. The molecule has 74 valence electrons. The zero-order valence-electron chi connectivity index (χ0n) is 8.55. The monoisotopic (exact) mass is 182 g/mol. The highest BCUT2D eigenvalue weighted by molar-refractivity contribution is 5.75. The maximum absolute atomic E-state index is 11.4. The lowest BCUT2D eigenvalue weighted by Crippen LogP contribution is -2.68. The van der Waals surface area contributed by atoms with Crippen molar-refractivity contribution >= 4 is 5.91 Å². The van der Waals surface area contributed by atoms with Crippen molar-refractivity contribution < 1.29 is 4.79 Å². The van der Waals surface area contributed by atoms with Crippen LogP contribution in [-0.2, 0) is 4.79 Å². The third-order valence-corrected chi connectivity index (χ3v) is 3.46. The van der Waals surface area contributed by atoms with Crippen LogP contribution >= 0.6 is 0 Å². The topological polar surface area (TPSA) is 23.6 Å². The molecule has 2 rings (SSSR count). The number of hydrogen-bond acceptors (Lipinski definition) is 2. The molecule has 0 radical (unpaired) electrons. The summed E-state index contributed by atoms with van der Waals surface area (Å²) in [5.41, 5.74) is 0.238. The minimum Gasteiger partial charge on any atom is -0.335 e. The van der Waals surface area contributed by atoms with E-state index >= 15 is 0 Å². The van der Waals surface area contributed by atoms with Gasteiger partial charge >= 0.3 is 0 Å². The third-order valence-electron chi connectivity index (χ3n) is 3.46. The molecule has 0 aliphatic carbocycles. The first kappa shape index (κ1) is 9.00. The van der Waals surface area contributed by atoms with E-state index in [1.54, 1.807) is 6.92 Å². The van der Waals surface area contributed by atoms with Crippen molar-refractivity contribution in [2.24, 2.45) is 0 Å².